The van der Waals surface area contributed by atoms with Gasteiger partial charge in [0.1, 0.15) is 12.4 Å². The highest BCUT2D eigenvalue weighted by molar-refractivity contribution is 6.04. The average Bonchev–Trinajstić information content (AvgIpc) is 3.07. The first kappa shape index (κ1) is 20.5. The molecule has 0 spiro atoms. The Bertz CT molecular complexity index is 986. The average molecular weight is 407 g/mol. The fraction of sp³-hybridized carbons (Fsp3) is 0.200. The van der Waals surface area contributed by atoms with Crippen molar-refractivity contribution in [2.45, 2.75) is 19.3 Å². The van der Waals surface area contributed by atoms with Gasteiger partial charge in [0, 0.05) is 11.8 Å². The summed E-state index contributed by atoms with van der Waals surface area (Å²) in [5, 5.41) is 6.79. The summed E-state index contributed by atoms with van der Waals surface area (Å²) in [7, 11) is 0. The lowest BCUT2D eigenvalue weighted by Crippen LogP contribution is -2.17. The number of nitrogens with one attached hydrogen (secondary N) is 1. The molecular weight excluding hydrogens is 390 g/mol. The SMILES string of the molecule is O=C(Nc1cnn(Cc2cccc(F)c2)c1)c1cccc(COCC(F)(F)F)c1. The number of halogens is 4. The smallest absolute Gasteiger partial charge is 0.367 e. The Labute approximate surface area is 163 Å². The monoisotopic (exact) mass is 407 g/mol. The van der Waals surface area contributed by atoms with Gasteiger partial charge in [-0.1, -0.05) is 24.3 Å². The minimum atomic E-state index is -4.40. The summed E-state index contributed by atoms with van der Waals surface area (Å²) in [6.07, 6.45) is -1.35. The fourth-order valence-electron chi connectivity index (χ4n) is 2.63. The molecule has 0 aliphatic carbocycles. The fourth-order valence-corrected chi connectivity index (χ4v) is 2.63. The standard InChI is InChI=1S/C20H17F4N3O2/c21-17-6-2-3-14(8-17)10-27-11-18(9-25-27)26-19(28)16-5-1-4-15(7-16)12-29-13-20(22,23)24/h1-9,11H,10,12-13H2,(H,26,28). The first-order chi connectivity index (χ1) is 13.8. The van der Waals surface area contributed by atoms with Gasteiger partial charge in [-0.05, 0) is 35.4 Å². The molecule has 1 aromatic heterocycles. The highest BCUT2D eigenvalue weighted by Crippen LogP contribution is 2.16. The number of anilines is 1. The van der Waals surface area contributed by atoms with Crippen LogP contribution in [0.15, 0.2) is 60.9 Å². The Morgan fingerprint density at radius 1 is 1.10 bits per heavy atom. The second-order valence-electron chi connectivity index (χ2n) is 6.32. The summed E-state index contributed by atoms with van der Waals surface area (Å²) in [6, 6.07) is 12.2. The molecule has 29 heavy (non-hydrogen) atoms. The Morgan fingerprint density at radius 2 is 1.86 bits per heavy atom. The van der Waals surface area contributed by atoms with Crippen LogP contribution in [-0.4, -0.2) is 28.5 Å². The maximum Gasteiger partial charge on any atom is 0.411 e. The highest BCUT2D eigenvalue weighted by atomic mass is 19.4. The summed E-state index contributed by atoms with van der Waals surface area (Å²) in [5.41, 5.74) is 1.88. The van der Waals surface area contributed by atoms with Crippen molar-refractivity contribution in [1.82, 2.24) is 9.78 Å². The number of carbonyl (C=O) groups is 1. The van der Waals surface area contributed by atoms with E-state index < -0.39 is 18.7 Å². The molecule has 0 aliphatic rings. The molecule has 1 heterocycles. The van der Waals surface area contributed by atoms with Crippen LogP contribution < -0.4 is 5.32 Å². The van der Waals surface area contributed by atoms with Crippen LogP contribution in [-0.2, 0) is 17.9 Å². The number of alkyl halides is 3. The number of carbonyl (C=O) groups excluding carboxylic acids is 1. The van der Waals surface area contributed by atoms with Gasteiger partial charge in [-0.2, -0.15) is 18.3 Å². The quantitative estimate of drug-likeness (QED) is 0.591. The highest BCUT2D eigenvalue weighted by Gasteiger charge is 2.27. The van der Waals surface area contributed by atoms with Gasteiger partial charge < -0.3 is 10.1 Å². The Hall–Kier alpha value is -3.20. The Morgan fingerprint density at radius 3 is 2.62 bits per heavy atom. The topological polar surface area (TPSA) is 56.2 Å². The van der Waals surface area contributed by atoms with Crippen molar-refractivity contribution < 1.29 is 27.1 Å². The minimum absolute atomic E-state index is 0.258. The predicted molar refractivity (Wildman–Crippen MR) is 97.8 cm³/mol. The molecule has 1 N–H and O–H groups in total. The van der Waals surface area contributed by atoms with Crippen molar-refractivity contribution in [3.05, 3.63) is 83.4 Å². The lowest BCUT2D eigenvalue weighted by Gasteiger charge is -2.09. The second-order valence-corrected chi connectivity index (χ2v) is 6.32. The molecule has 0 unspecified atom stereocenters. The van der Waals surface area contributed by atoms with Crippen LogP contribution in [0.25, 0.3) is 0 Å². The number of aromatic nitrogens is 2. The van der Waals surface area contributed by atoms with Crippen LogP contribution in [0.4, 0.5) is 23.2 Å². The molecule has 0 bridgehead atoms. The first-order valence-corrected chi connectivity index (χ1v) is 8.60. The van der Waals surface area contributed by atoms with Gasteiger partial charge in [0.25, 0.3) is 5.91 Å². The van der Waals surface area contributed by atoms with Crippen LogP contribution in [0.3, 0.4) is 0 Å². The van der Waals surface area contributed by atoms with E-state index in [9.17, 15) is 22.4 Å². The zero-order chi connectivity index (χ0) is 20.9. The first-order valence-electron chi connectivity index (χ1n) is 8.60. The molecule has 0 atom stereocenters. The predicted octanol–water partition coefficient (Wildman–Crippen LogP) is 4.40. The summed E-state index contributed by atoms with van der Waals surface area (Å²) in [4.78, 5) is 12.4. The summed E-state index contributed by atoms with van der Waals surface area (Å²) < 4.78 is 55.9. The van der Waals surface area contributed by atoms with Gasteiger partial charge in [-0.3, -0.25) is 9.48 Å². The maximum absolute atomic E-state index is 13.3. The number of nitrogens with zero attached hydrogens (tertiary/aromatic N) is 2. The lowest BCUT2D eigenvalue weighted by atomic mass is 10.1. The van der Waals surface area contributed by atoms with Gasteiger partial charge in [-0.15, -0.1) is 0 Å². The van der Waals surface area contributed by atoms with Crippen LogP contribution in [0.1, 0.15) is 21.5 Å². The number of hydrogen-bond donors (Lipinski definition) is 1. The van der Waals surface area contributed by atoms with Crippen molar-refractivity contribution in [2.75, 3.05) is 11.9 Å². The molecule has 0 radical (unpaired) electrons. The van der Waals surface area contributed by atoms with E-state index in [2.05, 4.69) is 15.2 Å². The van der Waals surface area contributed by atoms with Crippen molar-refractivity contribution >= 4 is 11.6 Å². The number of hydrogen-bond acceptors (Lipinski definition) is 3. The number of amides is 1. The zero-order valence-electron chi connectivity index (χ0n) is 15.1. The van der Waals surface area contributed by atoms with Crippen LogP contribution in [0.2, 0.25) is 0 Å². The molecule has 0 fully saturated rings. The van der Waals surface area contributed by atoms with Gasteiger partial charge in [-0.25, -0.2) is 4.39 Å². The van der Waals surface area contributed by atoms with Gasteiger partial charge in [0.15, 0.2) is 0 Å². The molecule has 0 saturated carbocycles. The van der Waals surface area contributed by atoms with E-state index in [-0.39, 0.29) is 18.0 Å². The van der Waals surface area contributed by atoms with E-state index in [1.54, 1.807) is 41.2 Å². The van der Waals surface area contributed by atoms with Crippen LogP contribution >= 0.6 is 0 Å². The maximum atomic E-state index is 13.3. The molecule has 0 saturated heterocycles. The van der Waals surface area contributed by atoms with Gasteiger partial charge >= 0.3 is 6.18 Å². The molecule has 152 valence electrons. The lowest BCUT2D eigenvalue weighted by molar-refractivity contribution is -0.176. The molecule has 3 rings (SSSR count). The van der Waals surface area contributed by atoms with Crippen molar-refractivity contribution in [3.63, 3.8) is 0 Å². The van der Waals surface area contributed by atoms with E-state index in [0.29, 0.717) is 17.8 Å². The largest absolute Gasteiger partial charge is 0.411 e. The van der Waals surface area contributed by atoms with Crippen molar-refractivity contribution in [3.8, 4) is 0 Å². The molecule has 2 aromatic carbocycles. The number of benzene rings is 2. The second kappa shape index (κ2) is 8.87. The molecule has 5 nitrogen and oxygen atoms in total. The molecule has 0 aliphatic heterocycles. The Balaban J connectivity index is 1.59. The third-order valence-electron chi connectivity index (χ3n) is 3.85. The third-order valence-corrected chi connectivity index (χ3v) is 3.85. The third kappa shape index (κ3) is 6.42. The normalized spacial score (nSPS) is 11.4. The van der Waals surface area contributed by atoms with Gasteiger partial charge in [0.2, 0.25) is 0 Å². The van der Waals surface area contributed by atoms with E-state index in [0.717, 1.165) is 5.56 Å². The number of rotatable bonds is 7. The molecule has 9 heteroatoms. The molecule has 3 aromatic rings. The van der Waals surface area contributed by atoms with E-state index >= 15 is 0 Å². The van der Waals surface area contributed by atoms with Crippen molar-refractivity contribution in [1.29, 1.82) is 0 Å². The Kier molecular flexibility index (Phi) is 6.28. The minimum Gasteiger partial charge on any atom is -0.367 e. The van der Waals surface area contributed by atoms with E-state index in [1.807, 2.05) is 0 Å². The van der Waals surface area contributed by atoms with E-state index in [4.69, 9.17) is 0 Å². The number of ether oxygens (including phenoxy) is 1. The van der Waals surface area contributed by atoms with E-state index in [1.165, 1.54) is 24.4 Å². The van der Waals surface area contributed by atoms with Crippen LogP contribution in [0.5, 0.6) is 0 Å². The van der Waals surface area contributed by atoms with Crippen LogP contribution in [0, 0.1) is 5.82 Å². The summed E-state index contributed by atoms with van der Waals surface area (Å²) in [6.45, 7) is -1.28. The van der Waals surface area contributed by atoms with Crippen molar-refractivity contribution in [2.24, 2.45) is 0 Å². The molecule has 1 amide bonds. The summed E-state index contributed by atoms with van der Waals surface area (Å²) in [5.74, 6) is -0.782. The summed E-state index contributed by atoms with van der Waals surface area (Å²) >= 11 is 0. The zero-order valence-corrected chi connectivity index (χ0v) is 15.1. The molecular formula is C20H17F4N3O2. The van der Waals surface area contributed by atoms with Gasteiger partial charge in [0.05, 0.1) is 25.0 Å².